The van der Waals surface area contributed by atoms with E-state index in [1.165, 1.54) is 0 Å². The number of rotatable bonds is 3. The van der Waals surface area contributed by atoms with Crippen molar-refractivity contribution in [3.05, 3.63) is 42.1 Å². The lowest BCUT2D eigenvalue weighted by Gasteiger charge is -2.12. The lowest BCUT2D eigenvalue weighted by molar-refractivity contribution is -0.117. The maximum absolute atomic E-state index is 11.1. The number of carbonyl (C=O) groups is 1. The van der Waals surface area contributed by atoms with E-state index in [0.29, 0.717) is 6.42 Å². The molecule has 0 amide bonds. The molecule has 2 heteroatoms. The molecule has 0 aliphatic rings. The number of para-hydroxylation sites is 1. The van der Waals surface area contributed by atoms with Crippen LogP contribution in [0.25, 0.3) is 10.9 Å². The molecule has 1 heterocycles. The fraction of sp³-hybridized carbons (Fsp3) is 0.286. The summed E-state index contributed by atoms with van der Waals surface area (Å²) in [4.78, 5) is 15.5. The van der Waals surface area contributed by atoms with E-state index in [9.17, 15) is 4.79 Å². The van der Waals surface area contributed by atoms with Gasteiger partial charge in [-0.1, -0.05) is 31.2 Å². The Hall–Kier alpha value is -1.70. The van der Waals surface area contributed by atoms with Crippen molar-refractivity contribution in [3.63, 3.8) is 0 Å². The topological polar surface area (TPSA) is 30.0 Å². The number of nitrogens with zero attached hydrogens (tertiary/aromatic N) is 1. The molecule has 0 radical (unpaired) electrons. The van der Waals surface area contributed by atoms with Crippen LogP contribution < -0.4 is 0 Å². The first-order chi connectivity index (χ1) is 7.68. The molecule has 0 N–H and O–H groups in total. The summed E-state index contributed by atoms with van der Waals surface area (Å²) in [7, 11) is 0. The largest absolute Gasteiger partial charge is 0.300 e. The van der Waals surface area contributed by atoms with Crippen molar-refractivity contribution in [2.24, 2.45) is 0 Å². The molecule has 0 aliphatic carbocycles. The molecule has 0 saturated heterocycles. The molecule has 0 fully saturated rings. The van der Waals surface area contributed by atoms with Crippen molar-refractivity contribution in [3.8, 4) is 0 Å². The Bertz CT molecular complexity index is 514. The van der Waals surface area contributed by atoms with Gasteiger partial charge < -0.3 is 4.79 Å². The molecular weight excluding hydrogens is 198 g/mol. The molecule has 82 valence electrons. The molecule has 2 nitrogen and oxygen atoms in total. The zero-order chi connectivity index (χ0) is 11.5. The second-order valence-electron chi connectivity index (χ2n) is 4.23. The molecule has 0 aliphatic heterocycles. The van der Waals surface area contributed by atoms with Crippen molar-refractivity contribution in [2.45, 2.75) is 26.2 Å². The summed E-state index contributed by atoms with van der Waals surface area (Å²) in [6.45, 7) is 3.71. The first-order valence-electron chi connectivity index (χ1n) is 5.51. The van der Waals surface area contributed by atoms with E-state index >= 15 is 0 Å². The SMILES string of the molecule is CC(=O)CC(C)c1cccc2cccnc12. The fourth-order valence-electron chi connectivity index (χ4n) is 2.07. The fourth-order valence-corrected chi connectivity index (χ4v) is 2.07. The third-order valence-electron chi connectivity index (χ3n) is 2.79. The first-order valence-corrected chi connectivity index (χ1v) is 5.51. The molecule has 1 aromatic carbocycles. The highest BCUT2D eigenvalue weighted by Crippen LogP contribution is 2.25. The van der Waals surface area contributed by atoms with Crippen molar-refractivity contribution in [1.29, 1.82) is 0 Å². The van der Waals surface area contributed by atoms with Crippen LogP contribution in [0.3, 0.4) is 0 Å². The van der Waals surface area contributed by atoms with E-state index < -0.39 is 0 Å². The van der Waals surface area contributed by atoms with Gasteiger partial charge in [-0.05, 0) is 24.5 Å². The van der Waals surface area contributed by atoms with Gasteiger partial charge >= 0.3 is 0 Å². The number of carbonyl (C=O) groups excluding carboxylic acids is 1. The number of Topliss-reactive ketones (excluding diaryl/α,β-unsaturated/α-hetero) is 1. The van der Waals surface area contributed by atoms with E-state index in [1.807, 2.05) is 24.3 Å². The van der Waals surface area contributed by atoms with Gasteiger partial charge in [-0.3, -0.25) is 4.98 Å². The smallest absolute Gasteiger partial charge is 0.130 e. The molecule has 1 aromatic heterocycles. The van der Waals surface area contributed by atoms with Gasteiger partial charge in [-0.2, -0.15) is 0 Å². The van der Waals surface area contributed by atoms with Crippen LogP contribution in [0.4, 0.5) is 0 Å². The summed E-state index contributed by atoms with van der Waals surface area (Å²) in [6, 6.07) is 10.1. The van der Waals surface area contributed by atoms with Crippen molar-refractivity contribution in [1.82, 2.24) is 4.98 Å². The molecule has 2 rings (SSSR count). The standard InChI is InChI=1S/C14H15NO/c1-10(9-11(2)16)13-7-3-5-12-6-4-8-15-14(12)13/h3-8,10H,9H2,1-2H3. The second kappa shape index (κ2) is 4.44. The van der Waals surface area contributed by atoms with E-state index in [1.54, 1.807) is 13.1 Å². The highest BCUT2D eigenvalue weighted by atomic mass is 16.1. The van der Waals surface area contributed by atoms with Gasteiger partial charge in [0.1, 0.15) is 5.78 Å². The number of ketones is 1. The zero-order valence-corrected chi connectivity index (χ0v) is 9.60. The predicted molar refractivity (Wildman–Crippen MR) is 65.5 cm³/mol. The molecule has 0 bridgehead atoms. The molecule has 0 spiro atoms. The van der Waals surface area contributed by atoms with E-state index in [-0.39, 0.29) is 11.7 Å². The first kappa shape index (κ1) is 10.8. The van der Waals surface area contributed by atoms with Crippen molar-refractivity contribution < 1.29 is 4.79 Å². The molecule has 16 heavy (non-hydrogen) atoms. The predicted octanol–water partition coefficient (Wildman–Crippen LogP) is 3.32. The number of benzene rings is 1. The Balaban J connectivity index is 2.47. The minimum atomic E-state index is 0.223. The van der Waals surface area contributed by atoms with Gasteiger partial charge in [0, 0.05) is 18.0 Å². The molecule has 1 atom stereocenters. The average Bonchev–Trinajstić information content (AvgIpc) is 2.27. The maximum Gasteiger partial charge on any atom is 0.130 e. The Kier molecular flexibility index (Phi) is 3.00. The number of fused-ring (bicyclic) bond motifs is 1. The summed E-state index contributed by atoms with van der Waals surface area (Å²) < 4.78 is 0. The molecular formula is C14H15NO. The third kappa shape index (κ3) is 2.11. The summed E-state index contributed by atoms with van der Waals surface area (Å²) in [6.07, 6.45) is 2.38. The summed E-state index contributed by atoms with van der Waals surface area (Å²) in [5.74, 6) is 0.455. The van der Waals surface area contributed by atoms with Crippen LogP contribution in [0.2, 0.25) is 0 Å². The highest BCUT2D eigenvalue weighted by molar-refractivity contribution is 5.83. The van der Waals surface area contributed by atoms with Gasteiger partial charge in [0.2, 0.25) is 0 Å². The number of hydrogen-bond donors (Lipinski definition) is 0. The van der Waals surface area contributed by atoms with Gasteiger partial charge in [0.25, 0.3) is 0 Å². The molecule has 1 unspecified atom stereocenters. The number of aromatic nitrogens is 1. The van der Waals surface area contributed by atoms with E-state index in [2.05, 4.69) is 18.0 Å². The normalized spacial score (nSPS) is 12.6. The lowest BCUT2D eigenvalue weighted by atomic mass is 9.94. The quantitative estimate of drug-likeness (QED) is 0.782. The minimum absolute atomic E-state index is 0.223. The lowest BCUT2D eigenvalue weighted by Crippen LogP contribution is -2.01. The summed E-state index contributed by atoms with van der Waals surface area (Å²) >= 11 is 0. The van der Waals surface area contributed by atoms with Crippen molar-refractivity contribution in [2.75, 3.05) is 0 Å². The highest BCUT2D eigenvalue weighted by Gasteiger charge is 2.11. The van der Waals surface area contributed by atoms with Gasteiger partial charge in [0.15, 0.2) is 0 Å². The summed E-state index contributed by atoms with van der Waals surface area (Å²) in [5, 5.41) is 1.13. The van der Waals surface area contributed by atoms with Gasteiger partial charge in [0.05, 0.1) is 5.52 Å². The monoisotopic (exact) mass is 213 g/mol. The summed E-state index contributed by atoms with van der Waals surface area (Å²) in [5.41, 5.74) is 2.17. The van der Waals surface area contributed by atoms with Gasteiger partial charge in [-0.15, -0.1) is 0 Å². The molecule has 0 saturated carbocycles. The second-order valence-corrected chi connectivity index (χ2v) is 4.23. The minimum Gasteiger partial charge on any atom is -0.300 e. The Labute approximate surface area is 95.3 Å². The van der Waals surface area contributed by atoms with Crippen molar-refractivity contribution >= 4 is 16.7 Å². The van der Waals surface area contributed by atoms with Crippen LogP contribution in [0.15, 0.2) is 36.5 Å². The van der Waals surface area contributed by atoms with Crippen LogP contribution in [0.1, 0.15) is 31.7 Å². The average molecular weight is 213 g/mol. The number of hydrogen-bond acceptors (Lipinski definition) is 2. The van der Waals surface area contributed by atoms with Crippen LogP contribution in [0.5, 0.6) is 0 Å². The van der Waals surface area contributed by atoms with Crippen LogP contribution in [-0.2, 0) is 4.79 Å². The van der Waals surface area contributed by atoms with Crippen LogP contribution in [0, 0.1) is 0 Å². The van der Waals surface area contributed by atoms with E-state index in [0.717, 1.165) is 16.5 Å². The zero-order valence-electron chi connectivity index (χ0n) is 9.60. The van der Waals surface area contributed by atoms with E-state index in [4.69, 9.17) is 0 Å². The molecule has 2 aromatic rings. The Morgan fingerprint density at radius 3 is 2.81 bits per heavy atom. The van der Waals surface area contributed by atoms with Gasteiger partial charge in [-0.25, -0.2) is 0 Å². The van der Waals surface area contributed by atoms with Crippen LogP contribution >= 0.6 is 0 Å². The Morgan fingerprint density at radius 1 is 1.31 bits per heavy atom. The van der Waals surface area contributed by atoms with Crippen LogP contribution in [-0.4, -0.2) is 10.8 Å². The number of pyridine rings is 1. The maximum atomic E-state index is 11.1. The third-order valence-corrected chi connectivity index (χ3v) is 2.79. The Morgan fingerprint density at radius 2 is 2.06 bits per heavy atom.